The first kappa shape index (κ1) is 27.2. The molecule has 7 nitrogen and oxygen atoms in total. The van der Waals surface area contributed by atoms with E-state index in [0.29, 0.717) is 29.7 Å². The molecule has 222 valence electrons. The Morgan fingerprint density at radius 3 is 2.07 bits per heavy atom. The van der Waals surface area contributed by atoms with Crippen molar-refractivity contribution in [2.45, 2.75) is 36.9 Å². The minimum atomic E-state index is -0.740. The van der Waals surface area contributed by atoms with Gasteiger partial charge in [-0.05, 0) is 35.4 Å². The van der Waals surface area contributed by atoms with Crippen LogP contribution in [0.5, 0.6) is 5.75 Å². The molecule has 3 aliphatic rings. The normalized spacial score (nSPS) is 19.8. The molecule has 8 rings (SSSR count). The number of nitrogens with one attached hydrogen (secondary N) is 1. The fraction of sp³-hybridized carbons (Fsp3) is 0.278. The van der Waals surface area contributed by atoms with Gasteiger partial charge in [0.1, 0.15) is 22.7 Å². The van der Waals surface area contributed by atoms with Gasteiger partial charge in [-0.15, -0.1) is 11.3 Å². The number of ether oxygens (including phenoxy) is 1. The molecule has 0 spiro atoms. The number of carbonyl (C=O) groups excluding carboxylic acids is 1. The highest BCUT2D eigenvalue weighted by atomic mass is 32.1. The van der Waals surface area contributed by atoms with Crippen LogP contribution in [0.1, 0.15) is 45.6 Å². The van der Waals surface area contributed by atoms with Crippen LogP contribution in [0.4, 0.5) is 5.69 Å². The molecule has 1 saturated carbocycles. The maximum Gasteiger partial charge on any atom is 0.263 e. The van der Waals surface area contributed by atoms with Crippen molar-refractivity contribution in [3.05, 3.63) is 125 Å². The molecule has 1 amide bonds. The van der Waals surface area contributed by atoms with Gasteiger partial charge in [0.15, 0.2) is 5.75 Å². The molecule has 0 saturated heterocycles. The molecule has 2 N–H and O–H groups in total. The number of nitrogens with zero attached hydrogens (tertiary/aromatic N) is 3. The lowest BCUT2D eigenvalue weighted by Gasteiger charge is -2.43. The van der Waals surface area contributed by atoms with Gasteiger partial charge in [0.05, 0.1) is 36.3 Å². The van der Waals surface area contributed by atoms with Gasteiger partial charge in [0.25, 0.3) is 5.91 Å². The number of hydrogen-bond donors (Lipinski definition) is 2. The first-order valence-electron chi connectivity index (χ1n) is 15.4. The monoisotopic (exact) mass is 602 g/mol. The van der Waals surface area contributed by atoms with Gasteiger partial charge in [0, 0.05) is 11.8 Å². The lowest BCUT2D eigenvalue weighted by Crippen LogP contribution is -2.57. The zero-order valence-electron chi connectivity index (χ0n) is 24.3. The summed E-state index contributed by atoms with van der Waals surface area (Å²) in [6.07, 6.45) is 7.31. The topological polar surface area (TPSA) is 79.6 Å². The van der Waals surface area contributed by atoms with E-state index in [1.54, 1.807) is 0 Å². The molecule has 5 aromatic rings. The Morgan fingerprint density at radius 2 is 1.52 bits per heavy atom. The summed E-state index contributed by atoms with van der Waals surface area (Å²) in [4.78, 5) is 17.5. The molecular formula is C36H34N4O3S. The van der Waals surface area contributed by atoms with Crippen molar-refractivity contribution in [2.75, 3.05) is 24.7 Å². The van der Waals surface area contributed by atoms with Gasteiger partial charge in [-0.1, -0.05) is 97.4 Å². The molecule has 8 heteroatoms. The quantitative estimate of drug-likeness (QED) is 0.226. The molecule has 0 unspecified atom stereocenters. The highest BCUT2D eigenvalue weighted by Crippen LogP contribution is 2.52. The van der Waals surface area contributed by atoms with E-state index in [0.717, 1.165) is 45.7 Å². The lowest BCUT2D eigenvalue weighted by atomic mass is 9.76. The Labute approximate surface area is 260 Å². The summed E-state index contributed by atoms with van der Waals surface area (Å²) in [6, 6.07) is 31.1. The second-order valence-electron chi connectivity index (χ2n) is 11.9. The van der Waals surface area contributed by atoms with E-state index in [2.05, 4.69) is 89.2 Å². The third kappa shape index (κ3) is 4.12. The Bertz CT molecular complexity index is 1690. The number of amides is 1. The molecule has 2 atom stereocenters. The van der Waals surface area contributed by atoms with Crippen LogP contribution in [0.3, 0.4) is 0 Å². The summed E-state index contributed by atoms with van der Waals surface area (Å²) in [5.41, 5.74) is 4.22. The van der Waals surface area contributed by atoms with Crippen molar-refractivity contribution in [1.29, 1.82) is 0 Å². The minimum Gasteiger partial charge on any atom is -0.488 e. The van der Waals surface area contributed by atoms with Gasteiger partial charge in [-0.3, -0.25) is 9.48 Å². The van der Waals surface area contributed by atoms with Gasteiger partial charge < -0.3 is 20.1 Å². The third-order valence-electron chi connectivity index (χ3n) is 9.63. The smallest absolute Gasteiger partial charge is 0.263 e. The van der Waals surface area contributed by atoms with E-state index in [1.807, 2.05) is 29.1 Å². The number of aromatic nitrogens is 2. The first-order valence-corrected chi connectivity index (χ1v) is 16.2. The Kier molecular flexibility index (Phi) is 6.76. The van der Waals surface area contributed by atoms with Crippen LogP contribution in [-0.4, -0.2) is 52.6 Å². The minimum absolute atomic E-state index is 0.0167. The first-order chi connectivity index (χ1) is 21.7. The van der Waals surface area contributed by atoms with E-state index in [4.69, 9.17) is 9.84 Å². The number of thiophene rings is 1. The summed E-state index contributed by atoms with van der Waals surface area (Å²) >= 11 is 1.45. The van der Waals surface area contributed by atoms with Gasteiger partial charge in [0.2, 0.25) is 0 Å². The molecule has 1 aliphatic carbocycles. The van der Waals surface area contributed by atoms with Crippen LogP contribution < -0.4 is 15.0 Å². The molecule has 2 aliphatic heterocycles. The predicted molar refractivity (Wildman–Crippen MR) is 172 cm³/mol. The zero-order valence-corrected chi connectivity index (χ0v) is 25.1. The predicted octanol–water partition coefficient (Wildman–Crippen LogP) is 5.92. The van der Waals surface area contributed by atoms with Crippen molar-refractivity contribution in [3.8, 4) is 16.2 Å². The highest BCUT2D eigenvalue weighted by molar-refractivity contribution is 7.18. The number of aliphatic hydroxyl groups is 1. The van der Waals surface area contributed by atoms with Crippen LogP contribution in [0.25, 0.3) is 10.4 Å². The van der Waals surface area contributed by atoms with E-state index in [9.17, 15) is 9.90 Å². The van der Waals surface area contributed by atoms with Crippen molar-refractivity contribution in [3.63, 3.8) is 0 Å². The number of aliphatic hydroxyl groups excluding tert-OH is 1. The van der Waals surface area contributed by atoms with Crippen LogP contribution in [-0.2, 0) is 5.54 Å². The van der Waals surface area contributed by atoms with Crippen molar-refractivity contribution >= 4 is 22.9 Å². The highest BCUT2D eigenvalue weighted by Gasteiger charge is 2.45. The van der Waals surface area contributed by atoms with Crippen LogP contribution >= 0.6 is 11.3 Å². The number of benzene rings is 3. The maximum absolute atomic E-state index is 13.7. The van der Waals surface area contributed by atoms with Crippen molar-refractivity contribution in [2.24, 2.45) is 5.92 Å². The van der Waals surface area contributed by atoms with E-state index in [-0.39, 0.29) is 24.6 Å². The zero-order chi connectivity index (χ0) is 29.7. The molecule has 0 radical (unpaired) electrons. The summed E-state index contributed by atoms with van der Waals surface area (Å²) in [7, 11) is 0. The SMILES string of the molecule is O=C1N[C@@H](C2CCC2)[C@H](CO)N2CCOc3c(-c4cnn(C(c5ccccc5)(c5ccccc5)c5ccccc5)c4)sc1c32. The lowest BCUT2D eigenvalue weighted by molar-refractivity contribution is 0.0875. The largest absolute Gasteiger partial charge is 0.488 e. The number of carbonyl (C=O) groups is 1. The molecule has 4 heterocycles. The molecule has 0 bridgehead atoms. The third-order valence-corrected chi connectivity index (χ3v) is 10.8. The average Bonchev–Trinajstić information content (AvgIpc) is 3.66. The maximum atomic E-state index is 13.7. The van der Waals surface area contributed by atoms with Crippen LogP contribution in [0.15, 0.2) is 103 Å². The Hall–Kier alpha value is -4.40. The Morgan fingerprint density at radius 1 is 0.909 bits per heavy atom. The van der Waals surface area contributed by atoms with E-state index < -0.39 is 5.54 Å². The van der Waals surface area contributed by atoms with Gasteiger partial charge in [-0.25, -0.2) is 0 Å². The van der Waals surface area contributed by atoms with E-state index in [1.165, 1.54) is 17.8 Å². The number of hydrogen-bond acceptors (Lipinski definition) is 6. The second kappa shape index (κ2) is 10.9. The van der Waals surface area contributed by atoms with Crippen molar-refractivity contribution < 1.29 is 14.6 Å². The standard InChI is InChI=1S/C36H34N4O3S/c41-23-29-30(24-11-10-12-24)38-35(42)34-31-32(43-20-19-39(29)31)33(44-34)25-21-37-40(22-25)36(26-13-4-1-5-14-26,27-15-6-2-7-16-27)28-17-8-3-9-18-28/h1-9,13-18,21-22,24,29-30,41H,10-12,19-20,23H2,(H,38,42)/t29-,30-/m0/s1. The summed E-state index contributed by atoms with van der Waals surface area (Å²) in [6.45, 7) is 1.11. The molecular weight excluding hydrogens is 568 g/mol. The van der Waals surface area contributed by atoms with Gasteiger partial charge >= 0.3 is 0 Å². The summed E-state index contributed by atoms with van der Waals surface area (Å²) < 4.78 is 8.39. The van der Waals surface area contributed by atoms with Gasteiger partial charge in [-0.2, -0.15) is 5.10 Å². The number of rotatable bonds is 7. The summed E-state index contributed by atoms with van der Waals surface area (Å²) in [5, 5.41) is 18.9. The number of anilines is 1. The average molecular weight is 603 g/mol. The molecule has 44 heavy (non-hydrogen) atoms. The molecule has 1 fully saturated rings. The van der Waals surface area contributed by atoms with Crippen LogP contribution in [0, 0.1) is 5.92 Å². The fourth-order valence-corrected chi connectivity index (χ4v) is 8.48. The molecule has 3 aromatic carbocycles. The fourth-order valence-electron chi connectivity index (χ4n) is 7.34. The summed E-state index contributed by atoms with van der Waals surface area (Å²) in [5.74, 6) is 1.03. The second-order valence-corrected chi connectivity index (χ2v) is 12.9. The van der Waals surface area contributed by atoms with Crippen molar-refractivity contribution in [1.82, 2.24) is 15.1 Å². The molecule has 2 aromatic heterocycles. The Balaban J connectivity index is 1.29. The van der Waals surface area contributed by atoms with Crippen LogP contribution in [0.2, 0.25) is 0 Å². The van der Waals surface area contributed by atoms with E-state index >= 15 is 0 Å².